The molecule has 0 N–H and O–H groups in total. The fourth-order valence-electron chi connectivity index (χ4n) is 16.9. The molecule has 0 spiro atoms. The second-order valence-electron chi connectivity index (χ2n) is 28.1. The van der Waals surface area contributed by atoms with Gasteiger partial charge in [0.15, 0.2) is 0 Å². The highest BCUT2D eigenvalue weighted by molar-refractivity contribution is 7.00. The monoisotopic (exact) mass is 1030 g/mol. The van der Waals surface area contributed by atoms with Crippen molar-refractivity contribution in [2.75, 3.05) is 14.7 Å². The van der Waals surface area contributed by atoms with Crippen LogP contribution in [0, 0.1) is 6.92 Å². The second kappa shape index (κ2) is 15.6. The lowest BCUT2D eigenvalue weighted by atomic mass is 9.33. The van der Waals surface area contributed by atoms with Crippen LogP contribution >= 0.6 is 0 Å². The summed E-state index contributed by atoms with van der Waals surface area (Å²) in [6.45, 7) is 27.3. The molecule has 6 aliphatic rings. The van der Waals surface area contributed by atoms with Crippen LogP contribution in [0.25, 0.3) is 43.9 Å². The maximum atomic E-state index is 6.99. The van der Waals surface area contributed by atoms with E-state index in [-0.39, 0.29) is 39.3 Å². The summed E-state index contributed by atoms with van der Waals surface area (Å²) < 4.78 is 13.8. The van der Waals surface area contributed by atoms with Gasteiger partial charge in [-0.1, -0.05) is 148 Å². The van der Waals surface area contributed by atoms with Crippen LogP contribution < -0.4 is 31.1 Å². The molecular formula is C73H72BN3O2. The van der Waals surface area contributed by atoms with E-state index in [0.717, 1.165) is 81.7 Å². The van der Waals surface area contributed by atoms with Crippen molar-refractivity contribution in [1.82, 2.24) is 0 Å². The molecule has 2 atom stereocenters. The van der Waals surface area contributed by atoms with Crippen molar-refractivity contribution in [3.8, 4) is 0 Å². The van der Waals surface area contributed by atoms with Crippen molar-refractivity contribution in [3.63, 3.8) is 0 Å². The van der Waals surface area contributed by atoms with Crippen LogP contribution in [0.4, 0.5) is 45.5 Å². The second-order valence-corrected chi connectivity index (χ2v) is 28.1. The molecule has 8 aromatic carbocycles. The summed E-state index contributed by atoms with van der Waals surface area (Å²) in [7, 11) is 0. The van der Waals surface area contributed by atoms with Crippen LogP contribution in [0.3, 0.4) is 0 Å². The Morgan fingerprint density at radius 2 is 0.911 bits per heavy atom. The molecule has 3 aliphatic heterocycles. The van der Waals surface area contributed by atoms with Crippen molar-refractivity contribution in [1.29, 1.82) is 0 Å². The number of hydrogen-bond acceptors (Lipinski definition) is 5. The molecule has 0 bridgehead atoms. The average Bonchev–Trinajstić information content (AvgIpc) is 2.49. The van der Waals surface area contributed by atoms with E-state index in [9.17, 15) is 0 Å². The minimum Gasteiger partial charge on any atom is -0.456 e. The zero-order valence-corrected chi connectivity index (χ0v) is 48.2. The third-order valence-electron chi connectivity index (χ3n) is 21.8. The van der Waals surface area contributed by atoms with Crippen molar-refractivity contribution in [2.24, 2.45) is 0 Å². The molecule has 6 heteroatoms. The molecule has 5 nitrogen and oxygen atoms in total. The molecule has 394 valence electrons. The highest BCUT2D eigenvalue weighted by Crippen LogP contribution is 2.63. The van der Waals surface area contributed by atoms with E-state index in [1.54, 1.807) is 0 Å². The Morgan fingerprint density at radius 3 is 1.62 bits per heavy atom. The van der Waals surface area contributed by atoms with Crippen LogP contribution in [0.2, 0.25) is 0 Å². The number of rotatable bonds is 3. The van der Waals surface area contributed by atoms with Crippen molar-refractivity contribution in [2.45, 2.75) is 160 Å². The number of hydrogen-bond donors (Lipinski definition) is 0. The lowest BCUT2D eigenvalue weighted by Gasteiger charge is -2.51. The topological polar surface area (TPSA) is 36.0 Å². The van der Waals surface area contributed by atoms with Gasteiger partial charge in [-0.15, -0.1) is 0 Å². The van der Waals surface area contributed by atoms with Gasteiger partial charge in [0.25, 0.3) is 6.71 Å². The van der Waals surface area contributed by atoms with E-state index in [2.05, 4.69) is 230 Å². The summed E-state index contributed by atoms with van der Waals surface area (Å²) in [5.74, 6) is 0. The molecular weight excluding hydrogens is 962 g/mol. The first kappa shape index (κ1) is 47.8. The fourth-order valence-corrected chi connectivity index (χ4v) is 16.9. The SMILES string of the molecule is Cc1cc2c(cc1N1c3cc4c(cc3B3c5cc6c(cc5N(c5cccc7oc8ccccc8c57)c5cc(N7c8ccccc8C8(C)CCCCC78C)cc1c53)C(C)(C)CCC6(C)C)oc1ccccc14)C(C)(C)CCC2(C)C. The molecule has 2 unspecified atom stereocenters. The summed E-state index contributed by atoms with van der Waals surface area (Å²) in [6.07, 6.45) is 9.30. The first-order valence-electron chi connectivity index (χ1n) is 29.7. The highest BCUT2D eigenvalue weighted by Gasteiger charge is 2.58. The van der Waals surface area contributed by atoms with Gasteiger partial charge in [-0.2, -0.15) is 0 Å². The zero-order valence-electron chi connectivity index (χ0n) is 48.2. The first-order valence-corrected chi connectivity index (χ1v) is 29.7. The average molecular weight is 1030 g/mol. The molecule has 79 heavy (non-hydrogen) atoms. The van der Waals surface area contributed by atoms with E-state index in [1.165, 1.54) is 109 Å². The van der Waals surface area contributed by atoms with Crippen molar-refractivity contribution in [3.05, 3.63) is 173 Å². The minimum absolute atomic E-state index is 0.00119. The normalized spacial score (nSPS) is 22.6. The Kier molecular flexibility index (Phi) is 9.43. The third kappa shape index (κ3) is 6.24. The molecule has 10 aromatic rings. The molecule has 0 saturated heterocycles. The Labute approximate surface area is 466 Å². The van der Waals surface area contributed by atoms with Crippen LogP contribution in [0.15, 0.2) is 148 Å². The largest absolute Gasteiger partial charge is 0.456 e. The molecule has 5 heterocycles. The lowest BCUT2D eigenvalue weighted by molar-refractivity contribution is 0.195. The van der Waals surface area contributed by atoms with Gasteiger partial charge in [-0.25, -0.2) is 0 Å². The van der Waals surface area contributed by atoms with Gasteiger partial charge < -0.3 is 23.5 Å². The van der Waals surface area contributed by atoms with Crippen molar-refractivity contribution >= 4 is 112 Å². The van der Waals surface area contributed by atoms with Crippen molar-refractivity contribution < 1.29 is 8.83 Å². The number of anilines is 8. The first-order chi connectivity index (χ1) is 37.8. The quantitative estimate of drug-likeness (QED) is 0.165. The molecule has 1 saturated carbocycles. The number of benzene rings is 8. The number of para-hydroxylation sites is 3. The van der Waals surface area contributed by atoms with Gasteiger partial charge in [0, 0.05) is 61.4 Å². The van der Waals surface area contributed by atoms with E-state index in [1.807, 2.05) is 0 Å². The highest BCUT2D eigenvalue weighted by atomic mass is 16.3. The molecule has 3 aliphatic carbocycles. The van der Waals surface area contributed by atoms with Gasteiger partial charge in [-0.3, -0.25) is 0 Å². The predicted molar refractivity (Wildman–Crippen MR) is 333 cm³/mol. The fraction of sp³-hybridized carbons (Fsp3) is 0.342. The molecule has 0 amide bonds. The van der Waals surface area contributed by atoms with Crippen LogP contribution in [-0.2, 0) is 27.1 Å². The van der Waals surface area contributed by atoms with Crippen LogP contribution in [-0.4, -0.2) is 12.3 Å². The predicted octanol–water partition coefficient (Wildman–Crippen LogP) is 18.3. The minimum atomic E-state index is -0.168. The Bertz CT molecular complexity index is 4320. The van der Waals surface area contributed by atoms with E-state index >= 15 is 0 Å². The summed E-state index contributed by atoms with van der Waals surface area (Å²) in [5, 5.41) is 4.58. The summed E-state index contributed by atoms with van der Waals surface area (Å²) in [5.41, 5.74) is 26.0. The van der Waals surface area contributed by atoms with Gasteiger partial charge >= 0.3 is 0 Å². The number of furan rings is 2. The molecule has 16 rings (SSSR count). The maximum absolute atomic E-state index is 6.99. The number of fused-ring (bicyclic) bond motifs is 15. The van der Waals surface area contributed by atoms with Gasteiger partial charge in [0.2, 0.25) is 0 Å². The van der Waals surface area contributed by atoms with Gasteiger partial charge in [0.05, 0.1) is 16.6 Å². The Hall–Kier alpha value is -7.18. The van der Waals surface area contributed by atoms with Crippen LogP contribution in [0.5, 0.6) is 0 Å². The summed E-state index contributed by atoms with van der Waals surface area (Å²) in [6, 6.07) is 54.3. The number of aryl methyl sites for hydroxylation is 1. The summed E-state index contributed by atoms with van der Waals surface area (Å²) in [4.78, 5) is 8.25. The molecule has 1 fully saturated rings. The molecule has 2 aromatic heterocycles. The number of nitrogens with zero attached hydrogens (tertiary/aromatic N) is 3. The Balaban J connectivity index is 1.10. The third-order valence-corrected chi connectivity index (χ3v) is 21.8. The lowest BCUT2D eigenvalue weighted by Crippen LogP contribution is -2.62. The smallest absolute Gasteiger partial charge is 0.252 e. The standard InChI is InChI=1S/C73H72BN3O2/c1-43-35-49-51(70(6,7)33-31-68(49,2)3)40-57(43)76-58-38-47-45-21-12-16-26-62(45)79-65(47)42-54(58)74-53-39-50-52(71(8,9)34-32-69(50,4)5)41-59(53)75(56-25-20-28-64-66(56)46-22-13-17-27-63(46)78-64)60-36-44(37-61(76)67(60)74)77-55-24-15-14-23-48(55)72(10)29-18-19-30-73(72,77)11/h12-17,20-28,35-42H,18-19,29-34H2,1-11H3. The molecule has 0 radical (unpaired) electrons. The van der Waals surface area contributed by atoms with Gasteiger partial charge in [0.1, 0.15) is 22.3 Å². The van der Waals surface area contributed by atoms with Crippen LogP contribution in [0.1, 0.15) is 154 Å². The van der Waals surface area contributed by atoms with E-state index in [4.69, 9.17) is 8.83 Å². The zero-order chi connectivity index (χ0) is 54.1. The van der Waals surface area contributed by atoms with E-state index in [0.29, 0.717) is 0 Å². The summed E-state index contributed by atoms with van der Waals surface area (Å²) >= 11 is 0. The van der Waals surface area contributed by atoms with E-state index < -0.39 is 0 Å². The van der Waals surface area contributed by atoms with Gasteiger partial charge in [-0.05, 0) is 191 Å². The Morgan fingerprint density at radius 1 is 0.392 bits per heavy atom. The maximum Gasteiger partial charge on any atom is 0.252 e.